The van der Waals surface area contributed by atoms with Gasteiger partial charge in [-0.25, -0.2) is 0 Å². The second kappa shape index (κ2) is 5.84. The number of halogens is 1. The number of methoxy groups -OCH3 is 1. The maximum Gasteiger partial charge on any atom is 0.256 e. The highest BCUT2D eigenvalue weighted by molar-refractivity contribution is 6.31. The zero-order chi connectivity index (χ0) is 14.7. The van der Waals surface area contributed by atoms with E-state index in [9.17, 15) is 4.79 Å². The van der Waals surface area contributed by atoms with Crippen LogP contribution in [0.1, 0.15) is 15.9 Å². The average Bonchev–Trinajstić information content (AvgIpc) is 2.43. The number of ether oxygens (including phenoxy) is 1. The summed E-state index contributed by atoms with van der Waals surface area (Å²) in [4.78, 5) is 12.2. The van der Waals surface area contributed by atoms with Crippen LogP contribution in [0.4, 0.5) is 11.4 Å². The molecular weight excluding hydrogens is 276 g/mol. The van der Waals surface area contributed by atoms with Crippen LogP contribution >= 0.6 is 11.6 Å². The molecule has 0 aliphatic carbocycles. The highest BCUT2D eigenvalue weighted by atomic mass is 35.5. The smallest absolute Gasteiger partial charge is 0.256 e. The summed E-state index contributed by atoms with van der Waals surface area (Å²) in [5.41, 5.74) is 8.22. The third-order valence-electron chi connectivity index (χ3n) is 2.95. The van der Waals surface area contributed by atoms with Crippen LogP contribution in [0.5, 0.6) is 5.75 Å². The Bertz CT molecular complexity index is 656. The number of carbonyl (C=O) groups excluding carboxylic acids is 1. The van der Waals surface area contributed by atoms with Gasteiger partial charge in [0.2, 0.25) is 0 Å². The van der Waals surface area contributed by atoms with Crippen molar-refractivity contribution in [2.24, 2.45) is 0 Å². The largest absolute Gasteiger partial charge is 0.497 e. The predicted octanol–water partition coefficient (Wildman–Crippen LogP) is 3.49. The Morgan fingerprint density at radius 2 is 2.00 bits per heavy atom. The molecule has 0 radical (unpaired) electrons. The summed E-state index contributed by atoms with van der Waals surface area (Å²) in [6.45, 7) is 1.85. The number of carbonyl (C=O) groups is 1. The summed E-state index contributed by atoms with van der Waals surface area (Å²) in [5, 5.41) is 3.28. The molecule has 3 N–H and O–H groups in total. The Morgan fingerprint density at radius 3 is 2.65 bits per heavy atom. The zero-order valence-electron chi connectivity index (χ0n) is 11.2. The number of nitrogens with one attached hydrogen (secondary N) is 1. The van der Waals surface area contributed by atoms with Gasteiger partial charge in [-0.3, -0.25) is 4.79 Å². The lowest BCUT2D eigenvalue weighted by atomic mass is 10.1. The van der Waals surface area contributed by atoms with Gasteiger partial charge >= 0.3 is 0 Å². The predicted molar refractivity (Wildman–Crippen MR) is 81.5 cm³/mol. The highest BCUT2D eigenvalue weighted by Crippen LogP contribution is 2.25. The van der Waals surface area contributed by atoms with E-state index in [1.165, 1.54) is 0 Å². The van der Waals surface area contributed by atoms with E-state index in [-0.39, 0.29) is 5.91 Å². The lowest BCUT2D eigenvalue weighted by Crippen LogP contribution is -2.14. The van der Waals surface area contributed by atoms with Crippen molar-refractivity contribution in [3.05, 3.63) is 52.5 Å². The molecule has 0 aromatic heterocycles. The van der Waals surface area contributed by atoms with E-state index in [0.717, 1.165) is 5.56 Å². The second-order valence-corrected chi connectivity index (χ2v) is 4.80. The van der Waals surface area contributed by atoms with Gasteiger partial charge in [0.05, 0.1) is 18.5 Å². The molecule has 20 heavy (non-hydrogen) atoms. The number of nitrogen functional groups attached to an aromatic ring is 1. The summed E-state index contributed by atoms with van der Waals surface area (Å²) < 4.78 is 5.06. The molecule has 0 fully saturated rings. The number of anilines is 2. The summed E-state index contributed by atoms with van der Waals surface area (Å²) in [5.74, 6) is 0.390. The van der Waals surface area contributed by atoms with Crippen LogP contribution in [0.25, 0.3) is 0 Å². The van der Waals surface area contributed by atoms with Gasteiger partial charge in [0, 0.05) is 16.7 Å². The molecule has 0 aliphatic heterocycles. The van der Waals surface area contributed by atoms with E-state index < -0.39 is 0 Å². The Labute approximate surface area is 122 Å². The molecule has 5 heteroatoms. The molecule has 0 atom stereocenters. The molecule has 0 aliphatic rings. The van der Waals surface area contributed by atoms with E-state index in [1.807, 2.05) is 6.92 Å². The van der Waals surface area contributed by atoms with Gasteiger partial charge in [0.15, 0.2) is 0 Å². The van der Waals surface area contributed by atoms with E-state index in [2.05, 4.69) is 5.32 Å². The number of rotatable bonds is 3. The fourth-order valence-corrected chi connectivity index (χ4v) is 1.98. The first-order valence-electron chi connectivity index (χ1n) is 6.02. The Hall–Kier alpha value is -2.20. The van der Waals surface area contributed by atoms with Crippen molar-refractivity contribution in [3.8, 4) is 5.75 Å². The monoisotopic (exact) mass is 290 g/mol. The maximum absolute atomic E-state index is 12.2. The minimum atomic E-state index is -0.248. The van der Waals surface area contributed by atoms with E-state index in [4.69, 9.17) is 22.1 Å². The molecule has 0 bridgehead atoms. The molecule has 0 saturated carbocycles. The summed E-state index contributed by atoms with van der Waals surface area (Å²) in [6, 6.07) is 10.3. The quantitative estimate of drug-likeness (QED) is 0.851. The molecule has 2 aromatic carbocycles. The second-order valence-electron chi connectivity index (χ2n) is 4.37. The van der Waals surface area contributed by atoms with Gasteiger partial charge in [0.25, 0.3) is 5.91 Å². The molecule has 0 heterocycles. The van der Waals surface area contributed by atoms with Gasteiger partial charge in [-0.1, -0.05) is 17.7 Å². The molecule has 104 valence electrons. The van der Waals surface area contributed by atoms with Crippen molar-refractivity contribution in [3.63, 3.8) is 0 Å². The van der Waals surface area contributed by atoms with Gasteiger partial charge in [-0.2, -0.15) is 0 Å². The summed E-state index contributed by atoms with van der Waals surface area (Å²) in [6.07, 6.45) is 0. The van der Waals surface area contributed by atoms with Crippen molar-refractivity contribution < 1.29 is 9.53 Å². The first kappa shape index (κ1) is 14.2. The Kier molecular flexibility index (Phi) is 4.15. The summed E-state index contributed by atoms with van der Waals surface area (Å²) in [7, 11) is 1.56. The van der Waals surface area contributed by atoms with Crippen molar-refractivity contribution in [1.82, 2.24) is 0 Å². The number of benzene rings is 2. The molecule has 2 rings (SSSR count). The SMILES string of the molecule is COc1ccc(NC(=O)c2cc(Cl)ccc2C)c(N)c1. The normalized spacial score (nSPS) is 10.2. The Balaban J connectivity index is 2.25. The lowest BCUT2D eigenvalue weighted by Gasteiger charge is -2.11. The minimum absolute atomic E-state index is 0.248. The molecule has 4 nitrogen and oxygen atoms in total. The molecule has 2 aromatic rings. The highest BCUT2D eigenvalue weighted by Gasteiger charge is 2.11. The van der Waals surface area contributed by atoms with Crippen LogP contribution in [0, 0.1) is 6.92 Å². The number of nitrogens with two attached hydrogens (primary N) is 1. The standard InChI is InChI=1S/C15H15ClN2O2/c1-9-3-4-10(16)7-12(9)15(19)18-14-6-5-11(20-2)8-13(14)17/h3-8H,17H2,1-2H3,(H,18,19). The molecular formula is C15H15ClN2O2. The van der Waals surface area contributed by atoms with Crippen LogP contribution in [0.2, 0.25) is 5.02 Å². The number of hydrogen-bond donors (Lipinski definition) is 2. The third kappa shape index (κ3) is 3.03. The topological polar surface area (TPSA) is 64.3 Å². The number of amides is 1. The molecule has 0 unspecified atom stereocenters. The van der Waals surface area contributed by atoms with E-state index >= 15 is 0 Å². The van der Waals surface area contributed by atoms with Crippen molar-refractivity contribution in [1.29, 1.82) is 0 Å². The number of aryl methyl sites for hydroxylation is 1. The van der Waals surface area contributed by atoms with Gasteiger partial charge in [-0.15, -0.1) is 0 Å². The number of hydrogen-bond acceptors (Lipinski definition) is 3. The third-order valence-corrected chi connectivity index (χ3v) is 3.19. The van der Waals surface area contributed by atoms with Crippen LogP contribution < -0.4 is 15.8 Å². The first-order valence-corrected chi connectivity index (χ1v) is 6.40. The van der Waals surface area contributed by atoms with Gasteiger partial charge in [-0.05, 0) is 36.8 Å². The molecule has 0 spiro atoms. The fourth-order valence-electron chi connectivity index (χ4n) is 1.81. The van der Waals surface area contributed by atoms with E-state index in [0.29, 0.717) is 27.7 Å². The van der Waals surface area contributed by atoms with E-state index in [1.54, 1.807) is 43.5 Å². The fraction of sp³-hybridized carbons (Fsp3) is 0.133. The lowest BCUT2D eigenvalue weighted by molar-refractivity contribution is 0.102. The van der Waals surface area contributed by atoms with Gasteiger partial charge in [0.1, 0.15) is 5.75 Å². The van der Waals surface area contributed by atoms with Crippen molar-refractivity contribution in [2.45, 2.75) is 6.92 Å². The van der Waals surface area contributed by atoms with Crippen molar-refractivity contribution >= 4 is 28.9 Å². The summed E-state index contributed by atoms with van der Waals surface area (Å²) >= 11 is 5.91. The van der Waals surface area contributed by atoms with Gasteiger partial charge < -0.3 is 15.8 Å². The van der Waals surface area contributed by atoms with Crippen molar-refractivity contribution in [2.75, 3.05) is 18.2 Å². The molecule has 0 saturated heterocycles. The van der Waals surface area contributed by atoms with Crippen LogP contribution in [0.3, 0.4) is 0 Å². The first-order chi connectivity index (χ1) is 9.51. The average molecular weight is 291 g/mol. The van der Waals surface area contributed by atoms with Crippen LogP contribution in [0.15, 0.2) is 36.4 Å². The van der Waals surface area contributed by atoms with Crippen LogP contribution in [-0.4, -0.2) is 13.0 Å². The Morgan fingerprint density at radius 1 is 1.25 bits per heavy atom. The zero-order valence-corrected chi connectivity index (χ0v) is 12.0. The van der Waals surface area contributed by atoms with Crippen LogP contribution in [-0.2, 0) is 0 Å². The minimum Gasteiger partial charge on any atom is -0.497 e. The maximum atomic E-state index is 12.2. The molecule has 1 amide bonds.